The molecule has 0 radical (unpaired) electrons. The molecule has 54 heavy (non-hydrogen) atoms. The fourth-order valence-electron chi connectivity index (χ4n) is 8.56. The van der Waals surface area contributed by atoms with Crippen LogP contribution in [-0.4, -0.2) is 0 Å². The molecule has 0 saturated carbocycles. The molecule has 0 fully saturated rings. The van der Waals surface area contributed by atoms with Gasteiger partial charge in [0.15, 0.2) is 0 Å². The highest BCUT2D eigenvalue weighted by molar-refractivity contribution is 6.36. The fraction of sp³-hybridized carbons (Fsp3) is 0. The van der Waals surface area contributed by atoms with E-state index >= 15 is 0 Å². The first kappa shape index (κ1) is 30.5. The first-order valence-electron chi connectivity index (χ1n) is 18.5. The molecule has 0 N–H and O–H groups in total. The molecule has 11 aromatic rings. The van der Waals surface area contributed by atoms with E-state index < -0.39 is 0 Å². The summed E-state index contributed by atoms with van der Waals surface area (Å²) in [6.07, 6.45) is 0. The Morgan fingerprint density at radius 1 is 0.296 bits per heavy atom. The molecule has 0 spiro atoms. The molecular formula is C52H33NO. The van der Waals surface area contributed by atoms with Gasteiger partial charge >= 0.3 is 0 Å². The quantitative estimate of drug-likeness (QED) is 0.168. The van der Waals surface area contributed by atoms with Gasteiger partial charge < -0.3 is 9.32 Å². The van der Waals surface area contributed by atoms with Crippen molar-refractivity contribution in [1.29, 1.82) is 0 Å². The van der Waals surface area contributed by atoms with Gasteiger partial charge in [0, 0.05) is 33.2 Å². The molecule has 0 atom stereocenters. The number of furan rings is 1. The predicted molar refractivity (Wildman–Crippen MR) is 229 cm³/mol. The third-order valence-corrected chi connectivity index (χ3v) is 11.0. The molecule has 2 heteroatoms. The Balaban J connectivity index is 1.08. The minimum absolute atomic E-state index is 0.918. The molecule has 1 heterocycles. The van der Waals surface area contributed by atoms with Crippen molar-refractivity contribution in [3.05, 3.63) is 200 Å². The van der Waals surface area contributed by atoms with Crippen LogP contribution in [0.5, 0.6) is 0 Å². The molecule has 0 aliphatic carbocycles. The van der Waals surface area contributed by atoms with Crippen molar-refractivity contribution in [2.24, 2.45) is 0 Å². The fourth-order valence-corrected chi connectivity index (χ4v) is 8.56. The third kappa shape index (κ3) is 4.81. The van der Waals surface area contributed by atoms with Gasteiger partial charge in [0.2, 0.25) is 0 Å². The lowest BCUT2D eigenvalue weighted by Crippen LogP contribution is -2.09. The highest BCUT2D eigenvalue weighted by Gasteiger charge is 2.19. The van der Waals surface area contributed by atoms with Crippen molar-refractivity contribution in [3.8, 4) is 22.3 Å². The van der Waals surface area contributed by atoms with Crippen LogP contribution >= 0.6 is 0 Å². The van der Waals surface area contributed by atoms with E-state index in [4.69, 9.17) is 4.42 Å². The number of fused-ring (bicyclic) bond motifs is 11. The molecule has 0 unspecified atom stereocenters. The van der Waals surface area contributed by atoms with E-state index in [0.29, 0.717) is 0 Å². The van der Waals surface area contributed by atoms with Crippen molar-refractivity contribution >= 4 is 82.1 Å². The van der Waals surface area contributed by atoms with E-state index in [2.05, 4.69) is 199 Å². The Morgan fingerprint density at radius 2 is 0.907 bits per heavy atom. The summed E-state index contributed by atoms with van der Waals surface area (Å²) in [4.78, 5) is 2.35. The Morgan fingerprint density at radius 3 is 1.74 bits per heavy atom. The van der Waals surface area contributed by atoms with Crippen molar-refractivity contribution in [2.75, 3.05) is 4.90 Å². The van der Waals surface area contributed by atoms with Gasteiger partial charge in [-0.3, -0.25) is 0 Å². The minimum atomic E-state index is 0.918. The van der Waals surface area contributed by atoms with Crippen LogP contribution in [-0.2, 0) is 0 Å². The lowest BCUT2D eigenvalue weighted by atomic mass is 9.88. The summed E-state index contributed by atoms with van der Waals surface area (Å²) in [5.41, 5.74) is 9.95. The van der Waals surface area contributed by atoms with Crippen LogP contribution in [0.25, 0.3) is 87.3 Å². The maximum Gasteiger partial charge on any atom is 0.136 e. The number of rotatable bonds is 5. The average Bonchev–Trinajstić information content (AvgIpc) is 3.63. The molecule has 0 bridgehead atoms. The van der Waals surface area contributed by atoms with Gasteiger partial charge in [0.25, 0.3) is 0 Å². The lowest BCUT2D eigenvalue weighted by Gasteiger charge is -2.26. The smallest absolute Gasteiger partial charge is 0.136 e. The maximum absolute atomic E-state index is 6.36. The van der Waals surface area contributed by atoms with Crippen LogP contribution in [0, 0.1) is 0 Å². The molecule has 0 aliphatic rings. The topological polar surface area (TPSA) is 16.4 Å². The standard InChI is InChI=1S/C52H33NO/c1-2-15-39(16-3-1)53(40-28-26-35(27-29-40)37-25-24-34-12-4-5-13-36(34)32-37)41-17-10-14-38(33-41)42-21-11-22-44-46-30-31-49-52(47-20-8-9-23-48(47)54-49)51(46)45-19-7-6-18-43(45)50(42)44/h1-33H. The van der Waals surface area contributed by atoms with Crippen molar-refractivity contribution in [2.45, 2.75) is 0 Å². The zero-order valence-corrected chi connectivity index (χ0v) is 29.4. The zero-order valence-electron chi connectivity index (χ0n) is 29.4. The highest BCUT2D eigenvalue weighted by atomic mass is 16.3. The molecule has 10 aromatic carbocycles. The maximum atomic E-state index is 6.36. The van der Waals surface area contributed by atoms with E-state index in [0.717, 1.165) is 33.6 Å². The number of para-hydroxylation sites is 2. The first-order valence-corrected chi connectivity index (χ1v) is 18.5. The monoisotopic (exact) mass is 687 g/mol. The van der Waals surface area contributed by atoms with Crippen LogP contribution in [0.15, 0.2) is 205 Å². The van der Waals surface area contributed by atoms with E-state index in [1.807, 2.05) is 6.07 Å². The van der Waals surface area contributed by atoms with Gasteiger partial charge in [-0.25, -0.2) is 0 Å². The molecule has 1 aromatic heterocycles. The highest BCUT2D eigenvalue weighted by Crippen LogP contribution is 2.46. The second-order valence-corrected chi connectivity index (χ2v) is 14.1. The summed E-state index contributed by atoms with van der Waals surface area (Å²) in [6, 6.07) is 72.2. The Kier molecular flexibility index (Phi) is 6.90. The second kappa shape index (κ2) is 12.2. The zero-order chi connectivity index (χ0) is 35.6. The first-order chi connectivity index (χ1) is 26.8. The van der Waals surface area contributed by atoms with E-state index in [1.54, 1.807) is 0 Å². The number of benzene rings is 10. The van der Waals surface area contributed by atoms with Crippen LogP contribution in [0.1, 0.15) is 0 Å². The number of hydrogen-bond donors (Lipinski definition) is 0. The summed E-state index contributed by atoms with van der Waals surface area (Å²) < 4.78 is 6.36. The van der Waals surface area contributed by atoms with Crippen LogP contribution in [0.2, 0.25) is 0 Å². The van der Waals surface area contributed by atoms with Gasteiger partial charge in [-0.2, -0.15) is 0 Å². The summed E-state index contributed by atoms with van der Waals surface area (Å²) in [7, 11) is 0. The molecule has 0 saturated heterocycles. The number of anilines is 3. The Hall–Kier alpha value is -7.16. The SMILES string of the molecule is c1ccc(N(c2ccc(-c3ccc4ccccc4c3)cc2)c2cccc(-c3cccc4c5ccc6oc7ccccc7c6c5c5ccccc5c34)c2)cc1. The van der Waals surface area contributed by atoms with Crippen molar-refractivity contribution in [3.63, 3.8) is 0 Å². The van der Waals surface area contributed by atoms with Crippen LogP contribution in [0.4, 0.5) is 17.1 Å². The number of nitrogens with zero attached hydrogens (tertiary/aromatic N) is 1. The van der Waals surface area contributed by atoms with E-state index in [1.165, 1.54) is 70.7 Å². The van der Waals surface area contributed by atoms with Gasteiger partial charge in [0.1, 0.15) is 11.2 Å². The van der Waals surface area contributed by atoms with Gasteiger partial charge in [0.05, 0.1) is 0 Å². The molecule has 2 nitrogen and oxygen atoms in total. The predicted octanol–water partition coefficient (Wildman–Crippen LogP) is 15.0. The van der Waals surface area contributed by atoms with Crippen molar-refractivity contribution in [1.82, 2.24) is 0 Å². The summed E-state index contributed by atoms with van der Waals surface area (Å²) in [6.45, 7) is 0. The van der Waals surface area contributed by atoms with Crippen LogP contribution in [0.3, 0.4) is 0 Å². The van der Waals surface area contributed by atoms with Crippen molar-refractivity contribution < 1.29 is 4.42 Å². The summed E-state index contributed by atoms with van der Waals surface area (Å²) in [5.74, 6) is 0. The lowest BCUT2D eigenvalue weighted by molar-refractivity contribution is 0.669. The molecule has 11 rings (SSSR count). The average molecular weight is 688 g/mol. The second-order valence-electron chi connectivity index (χ2n) is 14.1. The molecule has 252 valence electrons. The largest absolute Gasteiger partial charge is 0.456 e. The molecule has 0 amide bonds. The minimum Gasteiger partial charge on any atom is -0.456 e. The van der Waals surface area contributed by atoms with Crippen LogP contribution < -0.4 is 4.90 Å². The summed E-state index contributed by atoms with van der Waals surface area (Å²) in [5, 5.41) is 12.3. The molecular weight excluding hydrogens is 655 g/mol. The number of hydrogen-bond acceptors (Lipinski definition) is 2. The van der Waals surface area contributed by atoms with Gasteiger partial charge in [-0.05, 0) is 121 Å². The Bertz CT molecular complexity index is 3180. The normalized spacial score (nSPS) is 11.7. The van der Waals surface area contributed by atoms with E-state index in [9.17, 15) is 0 Å². The Labute approximate surface area is 312 Å². The summed E-state index contributed by atoms with van der Waals surface area (Å²) >= 11 is 0. The molecule has 0 aliphatic heterocycles. The van der Waals surface area contributed by atoms with Gasteiger partial charge in [-0.1, -0.05) is 140 Å². The van der Waals surface area contributed by atoms with Gasteiger partial charge in [-0.15, -0.1) is 0 Å². The third-order valence-electron chi connectivity index (χ3n) is 11.0. The van der Waals surface area contributed by atoms with E-state index in [-0.39, 0.29) is 0 Å².